The fraction of sp³-hybridized carbons (Fsp3) is 0.182. The van der Waals surface area contributed by atoms with Crippen LogP contribution in [0, 0.1) is 5.82 Å². The van der Waals surface area contributed by atoms with Crippen molar-refractivity contribution in [2.75, 3.05) is 11.9 Å². The summed E-state index contributed by atoms with van der Waals surface area (Å²) in [6.45, 7) is 3.43. The molecule has 3 aromatic rings. The average Bonchev–Trinajstić information content (AvgIpc) is 2.69. The normalized spacial score (nSPS) is 10.6. The van der Waals surface area contributed by atoms with Gasteiger partial charge in [-0.3, -0.25) is 0 Å². The summed E-state index contributed by atoms with van der Waals surface area (Å²) in [5.74, 6) is 1.07. The molecule has 3 nitrogen and oxygen atoms in total. The van der Waals surface area contributed by atoms with E-state index in [1.807, 2.05) is 43.3 Å². The lowest BCUT2D eigenvalue weighted by Gasteiger charge is -2.14. The highest BCUT2D eigenvalue weighted by Crippen LogP contribution is 2.30. The topological polar surface area (TPSA) is 30.5 Å². The molecule has 0 aliphatic rings. The smallest absolute Gasteiger partial charge is 0.161 e. The van der Waals surface area contributed by atoms with Crippen molar-refractivity contribution < 1.29 is 13.9 Å². The van der Waals surface area contributed by atoms with Crippen molar-refractivity contribution in [3.63, 3.8) is 0 Å². The van der Waals surface area contributed by atoms with Gasteiger partial charge in [-0.15, -0.1) is 0 Å². The van der Waals surface area contributed by atoms with E-state index in [0.717, 1.165) is 21.3 Å². The molecule has 1 N–H and O–H groups in total. The molecule has 0 amide bonds. The molecule has 0 saturated carbocycles. The lowest BCUT2D eigenvalue weighted by molar-refractivity contribution is 0.269. The SMILES string of the molecule is CCOc1cc(CNc2ccc(Br)c(Cl)c2)ccc1OCc1ccc(F)cc1. The molecule has 0 aromatic heterocycles. The van der Waals surface area contributed by atoms with Crippen molar-refractivity contribution in [3.8, 4) is 11.5 Å². The van der Waals surface area contributed by atoms with Crippen molar-refractivity contribution in [1.29, 1.82) is 0 Å². The molecule has 0 aliphatic carbocycles. The van der Waals surface area contributed by atoms with E-state index in [1.54, 1.807) is 12.1 Å². The first-order valence-electron chi connectivity index (χ1n) is 8.87. The van der Waals surface area contributed by atoms with Gasteiger partial charge in [-0.05, 0) is 76.4 Å². The van der Waals surface area contributed by atoms with E-state index in [9.17, 15) is 4.39 Å². The fourth-order valence-corrected chi connectivity index (χ4v) is 3.03. The number of hydrogen-bond donors (Lipinski definition) is 1. The zero-order valence-corrected chi connectivity index (χ0v) is 17.7. The van der Waals surface area contributed by atoms with E-state index < -0.39 is 0 Å². The van der Waals surface area contributed by atoms with Crippen molar-refractivity contribution in [3.05, 3.63) is 87.1 Å². The first kappa shape index (κ1) is 20.5. The molecule has 0 bridgehead atoms. The average molecular weight is 465 g/mol. The molecule has 3 rings (SSSR count). The van der Waals surface area contributed by atoms with Gasteiger partial charge in [-0.1, -0.05) is 29.8 Å². The van der Waals surface area contributed by atoms with Crippen molar-refractivity contribution in [2.45, 2.75) is 20.1 Å². The van der Waals surface area contributed by atoms with Crippen molar-refractivity contribution in [1.82, 2.24) is 0 Å². The molecule has 0 saturated heterocycles. The number of ether oxygens (including phenoxy) is 2. The molecule has 0 atom stereocenters. The maximum atomic E-state index is 13.0. The molecule has 0 radical (unpaired) electrons. The van der Waals surface area contributed by atoms with Gasteiger partial charge in [-0.25, -0.2) is 4.39 Å². The Bertz CT molecular complexity index is 934. The Morgan fingerprint density at radius 2 is 1.68 bits per heavy atom. The van der Waals surface area contributed by atoms with Crippen LogP contribution in [-0.2, 0) is 13.2 Å². The second-order valence-corrected chi connectivity index (χ2v) is 7.37. The summed E-state index contributed by atoms with van der Waals surface area (Å²) < 4.78 is 25.5. The second kappa shape index (κ2) is 9.80. The van der Waals surface area contributed by atoms with Crippen LogP contribution in [0.25, 0.3) is 0 Å². The van der Waals surface area contributed by atoms with Crippen LogP contribution in [-0.4, -0.2) is 6.61 Å². The maximum absolute atomic E-state index is 13.0. The van der Waals surface area contributed by atoms with Gasteiger partial charge < -0.3 is 14.8 Å². The molecule has 0 unspecified atom stereocenters. The van der Waals surface area contributed by atoms with Crippen molar-refractivity contribution in [2.24, 2.45) is 0 Å². The van der Waals surface area contributed by atoms with Gasteiger partial charge in [0.2, 0.25) is 0 Å². The monoisotopic (exact) mass is 463 g/mol. The van der Waals surface area contributed by atoms with E-state index in [1.165, 1.54) is 12.1 Å². The van der Waals surface area contributed by atoms with E-state index >= 15 is 0 Å². The maximum Gasteiger partial charge on any atom is 0.161 e. The minimum absolute atomic E-state index is 0.261. The molecule has 3 aromatic carbocycles. The molecular weight excluding hydrogens is 445 g/mol. The van der Waals surface area contributed by atoms with Gasteiger partial charge in [0.25, 0.3) is 0 Å². The molecule has 28 heavy (non-hydrogen) atoms. The summed E-state index contributed by atoms with van der Waals surface area (Å²) in [5.41, 5.74) is 2.88. The molecular formula is C22H20BrClFNO2. The number of rotatable bonds is 8. The molecule has 0 aliphatic heterocycles. The standard InChI is InChI=1S/C22H20BrClFNO2/c1-2-27-22-11-16(13-26-18-8-9-19(23)20(24)12-18)5-10-21(22)28-14-15-3-6-17(25)7-4-15/h3-12,26H,2,13-14H2,1H3. The fourth-order valence-electron chi connectivity index (χ4n) is 2.60. The van der Waals surface area contributed by atoms with Gasteiger partial charge >= 0.3 is 0 Å². The molecule has 0 heterocycles. The van der Waals surface area contributed by atoms with Gasteiger partial charge in [-0.2, -0.15) is 0 Å². The third kappa shape index (κ3) is 5.63. The number of nitrogens with one attached hydrogen (secondary N) is 1. The highest BCUT2D eigenvalue weighted by Gasteiger charge is 2.08. The third-order valence-electron chi connectivity index (χ3n) is 4.03. The van der Waals surface area contributed by atoms with Crippen LogP contribution in [0.3, 0.4) is 0 Å². The lowest BCUT2D eigenvalue weighted by Crippen LogP contribution is -2.03. The van der Waals surface area contributed by atoms with Crippen LogP contribution in [0.5, 0.6) is 11.5 Å². The van der Waals surface area contributed by atoms with E-state index in [0.29, 0.717) is 36.3 Å². The highest BCUT2D eigenvalue weighted by molar-refractivity contribution is 9.10. The van der Waals surface area contributed by atoms with Gasteiger partial charge in [0.1, 0.15) is 12.4 Å². The van der Waals surface area contributed by atoms with Crippen LogP contribution < -0.4 is 14.8 Å². The van der Waals surface area contributed by atoms with Gasteiger partial charge in [0.15, 0.2) is 11.5 Å². The van der Waals surface area contributed by atoms with Crippen molar-refractivity contribution >= 4 is 33.2 Å². The van der Waals surface area contributed by atoms with E-state index in [-0.39, 0.29) is 5.82 Å². The first-order chi connectivity index (χ1) is 13.5. The Balaban J connectivity index is 1.67. The Hall–Kier alpha value is -2.24. The quantitative estimate of drug-likeness (QED) is 0.396. The minimum atomic E-state index is -0.261. The zero-order chi connectivity index (χ0) is 19.9. The number of anilines is 1. The Morgan fingerprint density at radius 3 is 2.39 bits per heavy atom. The predicted octanol–water partition coefficient (Wildman–Crippen LogP) is 6.83. The van der Waals surface area contributed by atoms with Crippen LogP contribution in [0.15, 0.2) is 65.1 Å². The molecule has 0 fully saturated rings. The van der Waals surface area contributed by atoms with Crippen LogP contribution in [0.1, 0.15) is 18.1 Å². The first-order valence-corrected chi connectivity index (χ1v) is 10.0. The van der Waals surface area contributed by atoms with Gasteiger partial charge in [0.05, 0.1) is 11.6 Å². The molecule has 146 valence electrons. The number of benzene rings is 3. The third-order valence-corrected chi connectivity index (χ3v) is 5.26. The summed E-state index contributed by atoms with van der Waals surface area (Å²) in [6.07, 6.45) is 0. The minimum Gasteiger partial charge on any atom is -0.490 e. The number of hydrogen-bond acceptors (Lipinski definition) is 3. The van der Waals surface area contributed by atoms with Gasteiger partial charge in [0, 0.05) is 16.7 Å². The number of halogens is 3. The summed E-state index contributed by atoms with van der Waals surface area (Å²) in [5, 5.41) is 4.00. The summed E-state index contributed by atoms with van der Waals surface area (Å²) in [7, 11) is 0. The Labute approximate surface area is 177 Å². The molecule has 0 spiro atoms. The molecule has 6 heteroatoms. The Morgan fingerprint density at radius 1 is 0.929 bits per heavy atom. The highest BCUT2D eigenvalue weighted by atomic mass is 79.9. The second-order valence-electron chi connectivity index (χ2n) is 6.11. The lowest BCUT2D eigenvalue weighted by atomic mass is 10.2. The largest absolute Gasteiger partial charge is 0.490 e. The van der Waals surface area contributed by atoms with E-state index in [2.05, 4.69) is 21.2 Å². The van der Waals surface area contributed by atoms with Crippen LogP contribution in [0.2, 0.25) is 5.02 Å². The summed E-state index contributed by atoms with van der Waals surface area (Å²) in [4.78, 5) is 0. The zero-order valence-electron chi connectivity index (χ0n) is 15.3. The van der Waals surface area contributed by atoms with Crippen LogP contribution in [0.4, 0.5) is 10.1 Å². The predicted molar refractivity (Wildman–Crippen MR) is 115 cm³/mol. The van der Waals surface area contributed by atoms with Crippen LogP contribution >= 0.6 is 27.5 Å². The summed E-state index contributed by atoms with van der Waals surface area (Å²) >= 11 is 9.52. The Kier molecular flexibility index (Phi) is 7.18. The summed E-state index contributed by atoms with van der Waals surface area (Å²) in [6, 6.07) is 17.8. The van der Waals surface area contributed by atoms with E-state index in [4.69, 9.17) is 21.1 Å².